The second-order valence-electron chi connectivity index (χ2n) is 2.67. The van der Waals surface area contributed by atoms with Crippen LogP contribution in [0.1, 0.15) is 19.5 Å². The molecular formula is C9H13N3O. The lowest BCUT2D eigenvalue weighted by atomic mass is 10.3. The van der Waals surface area contributed by atoms with Gasteiger partial charge < -0.3 is 5.32 Å². The monoisotopic (exact) mass is 179 g/mol. The quantitative estimate of drug-likeness (QED) is 0.764. The number of aromatic nitrogens is 2. The molecule has 0 atom stereocenters. The molecule has 0 saturated carbocycles. The Balaban J connectivity index is 3.00. The van der Waals surface area contributed by atoms with E-state index < -0.39 is 0 Å². The van der Waals surface area contributed by atoms with Gasteiger partial charge in [0.2, 0.25) is 5.91 Å². The van der Waals surface area contributed by atoms with E-state index in [1.165, 1.54) is 6.92 Å². The van der Waals surface area contributed by atoms with Crippen LogP contribution in [0.15, 0.2) is 12.8 Å². The number of nitrogens with zero attached hydrogens (tertiary/aromatic N) is 2. The Morgan fingerprint density at radius 2 is 2.54 bits per heavy atom. The lowest BCUT2D eigenvalue weighted by molar-refractivity contribution is -0.114. The number of amides is 1. The van der Waals surface area contributed by atoms with Gasteiger partial charge in [-0.25, -0.2) is 4.68 Å². The van der Waals surface area contributed by atoms with Crippen LogP contribution in [0.4, 0.5) is 5.69 Å². The highest BCUT2D eigenvalue weighted by Crippen LogP contribution is 2.15. The average molecular weight is 179 g/mol. The smallest absolute Gasteiger partial charge is 0.221 e. The second-order valence-corrected chi connectivity index (χ2v) is 2.67. The number of carbonyl (C=O) groups excluding carboxylic acids is 1. The molecule has 70 valence electrons. The Morgan fingerprint density at radius 3 is 3.00 bits per heavy atom. The van der Waals surface area contributed by atoms with Crippen molar-refractivity contribution in [3.63, 3.8) is 0 Å². The molecular weight excluding hydrogens is 166 g/mol. The van der Waals surface area contributed by atoms with E-state index in [1.807, 2.05) is 6.92 Å². The first-order chi connectivity index (χ1) is 6.19. The molecule has 0 unspecified atom stereocenters. The van der Waals surface area contributed by atoms with Crippen molar-refractivity contribution in [3.05, 3.63) is 18.5 Å². The molecule has 0 spiro atoms. The number of hydrogen-bond donors (Lipinski definition) is 1. The summed E-state index contributed by atoms with van der Waals surface area (Å²) in [5.41, 5.74) is 1.72. The van der Waals surface area contributed by atoms with Gasteiger partial charge in [0.15, 0.2) is 0 Å². The summed E-state index contributed by atoms with van der Waals surface area (Å²) in [4.78, 5) is 10.8. The zero-order valence-electron chi connectivity index (χ0n) is 7.87. The van der Waals surface area contributed by atoms with E-state index in [0.29, 0.717) is 0 Å². The van der Waals surface area contributed by atoms with Crippen LogP contribution in [0.3, 0.4) is 0 Å². The number of rotatable bonds is 3. The first kappa shape index (κ1) is 9.51. The van der Waals surface area contributed by atoms with Crippen molar-refractivity contribution in [2.75, 3.05) is 5.32 Å². The van der Waals surface area contributed by atoms with Gasteiger partial charge in [-0.05, 0) is 6.42 Å². The van der Waals surface area contributed by atoms with E-state index in [9.17, 15) is 4.79 Å². The summed E-state index contributed by atoms with van der Waals surface area (Å²) >= 11 is 0. The van der Waals surface area contributed by atoms with Gasteiger partial charge in [0.25, 0.3) is 0 Å². The van der Waals surface area contributed by atoms with Crippen LogP contribution in [-0.2, 0) is 11.2 Å². The minimum atomic E-state index is -0.0849. The number of nitrogens with one attached hydrogen (secondary N) is 1. The third-order valence-corrected chi connectivity index (χ3v) is 1.72. The van der Waals surface area contributed by atoms with Crippen LogP contribution in [0, 0.1) is 0 Å². The van der Waals surface area contributed by atoms with Gasteiger partial charge in [-0.2, -0.15) is 5.10 Å². The maximum absolute atomic E-state index is 10.8. The van der Waals surface area contributed by atoms with Crippen molar-refractivity contribution in [2.45, 2.75) is 20.3 Å². The fraction of sp³-hybridized carbons (Fsp3) is 0.333. The maximum atomic E-state index is 10.8. The molecule has 1 aromatic rings. The van der Waals surface area contributed by atoms with Crippen molar-refractivity contribution in [1.29, 1.82) is 0 Å². The van der Waals surface area contributed by atoms with Gasteiger partial charge in [0, 0.05) is 13.1 Å². The fourth-order valence-electron chi connectivity index (χ4n) is 1.19. The predicted molar refractivity (Wildman–Crippen MR) is 52.3 cm³/mol. The SMILES string of the molecule is C=Cn1ncc(NC(C)=O)c1CC. The predicted octanol–water partition coefficient (Wildman–Crippen LogP) is 1.50. The fourth-order valence-corrected chi connectivity index (χ4v) is 1.19. The Kier molecular flexibility index (Phi) is 2.84. The standard InChI is InChI=1S/C9H13N3O/c1-4-9-8(11-7(3)13)6-10-12(9)5-2/h5-6H,2,4H2,1,3H3,(H,11,13). The van der Waals surface area contributed by atoms with Gasteiger partial charge in [-0.1, -0.05) is 13.5 Å². The van der Waals surface area contributed by atoms with Gasteiger partial charge >= 0.3 is 0 Å². The van der Waals surface area contributed by atoms with E-state index in [1.54, 1.807) is 17.1 Å². The summed E-state index contributed by atoms with van der Waals surface area (Å²) in [7, 11) is 0. The van der Waals surface area contributed by atoms with Crippen LogP contribution in [0.25, 0.3) is 6.20 Å². The molecule has 1 rings (SSSR count). The molecule has 0 aliphatic heterocycles. The highest BCUT2D eigenvalue weighted by molar-refractivity contribution is 5.89. The van der Waals surface area contributed by atoms with E-state index in [4.69, 9.17) is 0 Å². The van der Waals surface area contributed by atoms with E-state index in [0.717, 1.165) is 17.8 Å². The molecule has 0 aliphatic rings. The number of hydrogen-bond acceptors (Lipinski definition) is 2. The summed E-state index contributed by atoms with van der Waals surface area (Å²) in [6.45, 7) is 7.10. The van der Waals surface area contributed by atoms with Gasteiger partial charge in [-0.15, -0.1) is 0 Å². The molecule has 0 bridgehead atoms. The van der Waals surface area contributed by atoms with Crippen LogP contribution in [0.2, 0.25) is 0 Å². The summed E-state index contributed by atoms with van der Waals surface area (Å²) < 4.78 is 1.66. The first-order valence-electron chi connectivity index (χ1n) is 4.15. The normalized spacial score (nSPS) is 9.69. The topological polar surface area (TPSA) is 46.9 Å². The molecule has 4 nitrogen and oxygen atoms in total. The van der Waals surface area contributed by atoms with E-state index in [-0.39, 0.29) is 5.91 Å². The highest BCUT2D eigenvalue weighted by Gasteiger charge is 2.07. The molecule has 0 aliphatic carbocycles. The van der Waals surface area contributed by atoms with Gasteiger partial charge in [0.1, 0.15) is 0 Å². The van der Waals surface area contributed by atoms with Crippen molar-refractivity contribution in [3.8, 4) is 0 Å². The molecule has 1 amide bonds. The molecule has 1 aromatic heterocycles. The van der Waals surface area contributed by atoms with E-state index >= 15 is 0 Å². The molecule has 13 heavy (non-hydrogen) atoms. The number of carbonyl (C=O) groups is 1. The third kappa shape index (κ3) is 1.96. The van der Waals surface area contributed by atoms with Crippen molar-refractivity contribution in [2.24, 2.45) is 0 Å². The van der Waals surface area contributed by atoms with Gasteiger partial charge in [0.05, 0.1) is 17.6 Å². The zero-order chi connectivity index (χ0) is 9.84. The van der Waals surface area contributed by atoms with Crippen molar-refractivity contribution >= 4 is 17.8 Å². The largest absolute Gasteiger partial charge is 0.323 e. The molecule has 1 heterocycles. The van der Waals surface area contributed by atoms with Crippen LogP contribution in [-0.4, -0.2) is 15.7 Å². The minimum Gasteiger partial charge on any atom is -0.323 e. The average Bonchev–Trinajstić information content (AvgIpc) is 2.45. The van der Waals surface area contributed by atoms with E-state index in [2.05, 4.69) is 17.0 Å². The Labute approximate surface area is 77.3 Å². The molecule has 1 N–H and O–H groups in total. The molecule has 0 aromatic carbocycles. The summed E-state index contributed by atoms with van der Waals surface area (Å²) in [6, 6.07) is 0. The minimum absolute atomic E-state index is 0.0849. The van der Waals surface area contributed by atoms with Gasteiger partial charge in [-0.3, -0.25) is 4.79 Å². The lowest BCUT2D eigenvalue weighted by Gasteiger charge is -2.02. The number of anilines is 1. The highest BCUT2D eigenvalue weighted by atomic mass is 16.1. The van der Waals surface area contributed by atoms with Crippen molar-refractivity contribution < 1.29 is 4.79 Å². The molecule has 0 fully saturated rings. The van der Waals surface area contributed by atoms with Crippen LogP contribution < -0.4 is 5.32 Å². The lowest BCUT2D eigenvalue weighted by Crippen LogP contribution is -2.07. The molecule has 0 saturated heterocycles. The van der Waals surface area contributed by atoms with Crippen LogP contribution >= 0.6 is 0 Å². The third-order valence-electron chi connectivity index (χ3n) is 1.72. The first-order valence-corrected chi connectivity index (χ1v) is 4.15. The Hall–Kier alpha value is -1.58. The summed E-state index contributed by atoms with van der Waals surface area (Å²) in [5.74, 6) is -0.0849. The second kappa shape index (κ2) is 3.89. The molecule has 4 heteroatoms. The van der Waals surface area contributed by atoms with Crippen molar-refractivity contribution in [1.82, 2.24) is 9.78 Å². The maximum Gasteiger partial charge on any atom is 0.221 e. The summed E-state index contributed by atoms with van der Waals surface area (Å²) in [6.07, 6.45) is 4.05. The zero-order valence-corrected chi connectivity index (χ0v) is 7.87. The summed E-state index contributed by atoms with van der Waals surface area (Å²) in [5, 5.41) is 6.75. The Morgan fingerprint density at radius 1 is 1.85 bits per heavy atom. The Bertz CT molecular complexity index is 328. The van der Waals surface area contributed by atoms with Crippen LogP contribution in [0.5, 0.6) is 0 Å². The molecule has 0 radical (unpaired) electrons.